The van der Waals surface area contributed by atoms with Gasteiger partial charge >= 0.3 is 0 Å². The van der Waals surface area contributed by atoms with Crippen LogP contribution < -0.4 is 0 Å². The van der Waals surface area contributed by atoms with E-state index in [1.54, 1.807) is 0 Å². The molecule has 0 spiro atoms. The van der Waals surface area contributed by atoms with Gasteiger partial charge in [-0.15, -0.1) is 0 Å². The lowest BCUT2D eigenvalue weighted by atomic mass is 9.98. The smallest absolute Gasteiger partial charge is 0.224 e. The van der Waals surface area contributed by atoms with Crippen LogP contribution in [0.4, 0.5) is 0 Å². The Balaban J connectivity index is 3.30. The highest BCUT2D eigenvalue weighted by molar-refractivity contribution is 6.54. The quantitative estimate of drug-likeness (QED) is 0.399. The predicted octanol–water partition coefficient (Wildman–Crippen LogP) is 2.20. The van der Waals surface area contributed by atoms with Crippen molar-refractivity contribution in [1.29, 1.82) is 0 Å². The first kappa shape index (κ1) is 12.1. The molecule has 0 N–H and O–H groups in total. The molecule has 1 rings (SSSR count). The zero-order valence-corrected chi connectivity index (χ0v) is 10.6. The predicted molar refractivity (Wildman–Crippen MR) is 60.0 cm³/mol. The fourth-order valence-electron chi connectivity index (χ4n) is 1.89. The number of rotatable bonds is 1. The maximum atomic E-state index is 12.0. The summed E-state index contributed by atoms with van der Waals surface area (Å²) < 4.78 is 0.914. The topological polar surface area (TPSA) is 29.3 Å². The number of hydroxylamine groups is 1. The van der Waals surface area contributed by atoms with Gasteiger partial charge in [0.05, 0.1) is 0 Å². The Kier molecular flexibility index (Phi) is 2.81. The first-order valence-corrected chi connectivity index (χ1v) is 5.37. The number of hydrogen-bond donors (Lipinski definition) is 0. The highest BCUT2D eigenvalue weighted by atomic mass is 35.5. The van der Waals surface area contributed by atoms with Gasteiger partial charge in [-0.25, -0.2) is 4.90 Å². The van der Waals surface area contributed by atoms with Crippen LogP contribution in [0.25, 0.3) is 0 Å². The maximum Gasteiger partial charge on any atom is 0.224 e. The molecule has 0 amide bonds. The van der Waals surface area contributed by atoms with Crippen molar-refractivity contribution in [3.05, 3.63) is 5.21 Å². The molecule has 0 fully saturated rings. The van der Waals surface area contributed by atoms with Crippen molar-refractivity contribution in [2.75, 3.05) is 7.05 Å². The van der Waals surface area contributed by atoms with E-state index in [1.165, 1.54) is 0 Å². The number of halogens is 2. The average Bonchev–Trinajstić information content (AvgIpc) is 2.10. The van der Waals surface area contributed by atoms with Crippen LogP contribution >= 0.6 is 23.2 Å². The molecular formula is C9H16Cl2N2O. The van der Waals surface area contributed by atoms with Gasteiger partial charge in [-0.05, 0) is 20.9 Å². The van der Waals surface area contributed by atoms with E-state index >= 15 is 0 Å². The Bertz CT molecular complexity index is 285. The molecule has 14 heavy (non-hydrogen) atoms. The molecule has 0 saturated heterocycles. The van der Waals surface area contributed by atoms with E-state index < -0.39 is 16.0 Å². The van der Waals surface area contributed by atoms with E-state index in [9.17, 15) is 5.21 Å². The van der Waals surface area contributed by atoms with Gasteiger partial charge in [0.25, 0.3) is 0 Å². The van der Waals surface area contributed by atoms with E-state index in [2.05, 4.69) is 0 Å². The Labute approximate surface area is 94.9 Å². The Morgan fingerprint density at radius 2 is 1.71 bits per heavy atom. The zero-order valence-electron chi connectivity index (χ0n) is 9.14. The normalized spacial score (nSPS) is 26.3. The summed E-state index contributed by atoms with van der Waals surface area (Å²) in [6, 6.07) is 0. The van der Waals surface area contributed by atoms with Crippen molar-refractivity contribution in [3.63, 3.8) is 0 Å². The molecule has 0 aromatic rings. The summed E-state index contributed by atoms with van der Waals surface area (Å²) in [6.07, 6.45) is 0. The van der Waals surface area contributed by atoms with Crippen molar-refractivity contribution in [2.45, 2.75) is 43.7 Å². The average molecular weight is 239 g/mol. The maximum absolute atomic E-state index is 12.0. The third-order valence-electron chi connectivity index (χ3n) is 3.21. The minimum Gasteiger partial charge on any atom is -0.622 e. The van der Waals surface area contributed by atoms with Crippen molar-refractivity contribution in [1.82, 2.24) is 4.90 Å². The van der Waals surface area contributed by atoms with E-state index in [-0.39, 0.29) is 0 Å². The van der Waals surface area contributed by atoms with E-state index in [0.717, 1.165) is 4.74 Å². The molecule has 1 aliphatic rings. The molecule has 0 unspecified atom stereocenters. The van der Waals surface area contributed by atoms with Crippen LogP contribution in [0.3, 0.4) is 0 Å². The van der Waals surface area contributed by atoms with Crippen LogP contribution in [0.5, 0.6) is 0 Å². The third kappa shape index (κ3) is 1.42. The van der Waals surface area contributed by atoms with Crippen molar-refractivity contribution >= 4 is 28.9 Å². The van der Waals surface area contributed by atoms with Crippen molar-refractivity contribution < 1.29 is 4.74 Å². The minimum absolute atomic E-state index is 0.403. The van der Waals surface area contributed by atoms with Crippen LogP contribution in [0.1, 0.15) is 27.7 Å². The molecule has 5 heteroatoms. The summed E-state index contributed by atoms with van der Waals surface area (Å²) in [4.78, 5) is 1.21. The molecular weight excluding hydrogens is 223 g/mol. The van der Waals surface area contributed by atoms with Gasteiger partial charge in [-0.3, -0.25) is 0 Å². The lowest BCUT2D eigenvalue weighted by Gasteiger charge is -2.32. The van der Waals surface area contributed by atoms with E-state index in [1.807, 2.05) is 39.6 Å². The lowest BCUT2D eigenvalue weighted by molar-refractivity contribution is -0.557. The Hall–Kier alpha value is 0.01000. The summed E-state index contributed by atoms with van der Waals surface area (Å²) in [5.74, 6) is 0. The number of hydrogen-bond acceptors (Lipinski definition) is 2. The van der Waals surface area contributed by atoms with Crippen molar-refractivity contribution in [3.8, 4) is 0 Å². The summed E-state index contributed by atoms with van der Waals surface area (Å²) in [7, 11) is 1.90. The van der Waals surface area contributed by atoms with Crippen molar-refractivity contribution in [2.24, 2.45) is 0 Å². The van der Waals surface area contributed by atoms with Gasteiger partial charge in [-0.1, -0.05) is 23.2 Å². The standard InChI is InChI=1S/C9H16Cl2N2O/c1-8(2)6(7(10)11)13(14)9(3,4)12(8)5/h7H,1-5H3. The van der Waals surface area contributed by atoms with Crippen LogP contribution in [0.2, 0.25) is 0 Å². The highest BCUT2D eigenvalue weighted by Crippen LogP contribution is 2.35. The summed E-state index contributed by atoms with van der Waals surface area (Å²) in [6.45, 7) is 7.59. The van der Waals surface area contributed by atoms with Gasteiger partial charge in [0.15, 0.2) is 4.84 Å². The lowest BCUT2D eigenvalue weighted by Crippen LogP contribution is -2.51. The molecule has 82 valence electrons. The second kappa shape index (κ2) is 3.26. The molecule has 0 aromatic carbocycles. The number of alkyl halides is 2. The first-order valence-electron chi connectivity index (χ1n) is 4.50. The summed E-state index contributed by atoms with van der Waals surface area (Å²) >= 11 is 11.6. The zero-order chi connectivity index (χ0) is 11.3. The summed E-state index contributed by atoms with van der Waals surface area (Å²) in [5.41, 5.74) is -0.492. The van der Waals surface area contributed by atoms with Crippen LogP contribution in [0.15, 0.2) is 0 Å². The Morgan fingerprint density at radius 1 is 1.29 bits per heavy atom. The molecule has 0 radical (unpaired) electrons. The van der Waals surface area contributed by atoms with Gasteiger partial charge < -0.3 is 5.21 Å². The second-order valence-corrected chi connectivity index (χ2v) is 5.69. The molecule has 0 atom stereocenters. The molecule has 0 saturated carbocycles. The first-order chi connectivity index (χ1) is 6.13. The molecule has 0 bridgehead atoms. The van der Waals surface area contributed by atoms with Gasteiger partial charge in [-0.2, -0.15) is 4.74 Å². The van der Waals surface area contributed by atoms with E-state index in [4.69, 9.17) is 23.2 Å². The summed E-state index contributed by atoms with van der Waals surface area (Å²) in [5, 5.41) is 12.0. The molecule has 0 aliphatic carbocycles. The SMILES string of the molecule is CN1C(C)(C)C(C(Cl)Cl)=[N+]([O-])C1(C)C. The van der Waals surface area contributed by atoms with Gasteiger partial charge in [0, 0.05) is 13.8 Å². The molecule has 0 aromatic heterocycles. The second-order valence-electron chi connectivity index (χ2n) is 4.59. The van der Waals surface area contributed by atoms with Crippen LogP contribution in [-0.4, -0.2) is 38.4 Å². The van der Waals surface area contributed by atoms with E-state index in [0.29, 0.717) is 5.71 Å². The van der Waals surface area contributed by atoms with Crippen LogP contribution in [-0.2, 0) is 0 Å². The Morgan fingerprint density at radius 3 is 1.86 bits per heavy atom. The van der Waals surface area contributed by atoms with Gasteiger partial charge in [0.1, 0.15) is 5.54 Å². The van der Waals surface area contributed by atoms with Crippen LogP contribution in [0, 0.1) is 5.21 Å². The third-order valence-corrected chi connectivity index (χ3v) is 3.62. The fourth-order valence-corrected chi connectivity index (χ4v) is 2.60. The number of nitrogens with zero attached hydrogens (tertiary/aromatic N) is 2. The minimum atomic E-state index is -0.758. The molecule has 1 heterocycles. The monoisotopic (exact) mass is 238 g/mol. The fraction of sp³-hybridized carbons (Fsp3) is 0.889. The molecule has 3 nitrogen and oxygen atoms in total. The van der Waals surface area contributed by atoms with Gasteiger partial charge in [0.2, 0.25) is 11.4 Å². The largest absolute Gasteiger partial charge is 0.622 e. The molecule has 1 aliphatic heterocycles. The highest BCUT2D eigenvalue weighted by Gasteiger charge is 2.56.